The van der Waals surface area contributed by atoms with Crippen molar-refractivity contribution in [1.29, 1.82) is 0 Å². The normalized spacial score (nSPS) is 23.4. The van der Waals surface area contributed by atoms with E-state index in [0.29, 0.717) is 0 Å². The topological polar surface area (TPSA) is 37.6 Å². The van der Waals surface area contributed by atoms with Crippen LogP contribution in [0.15, 0.2) is 107 Å². The predicted molar refractivity (Wildman–Crippen MR) is 155 cm³/mol. The van der Waals surface area contributed by atoms with E-state index in [4.69, 9.17) is 15.0 Å². The largest absolute Gasteiger partial charge is 0.252 e. The second-order valence-electron chi connectivity index (χ2n) is 10.4. The van der Waals surface area contributed by atoms with E-state index >= 15 is 0 Å². The summed E-state index contributed by atoms with van der Waals surface area (Å²) in [5.74, 6) is 0.251. The maximum absolute atomic E-state index is 5.27. The lowest BCUT2D eigenvalue weighted by Gasteiger charge is -2.26. The summed E-state index contributed by atoms with van der Waals surface area (Å²) in [6.07, 6.45) is 11.7. The zero-order valence-electron chi connectivity index (χ0n) is 21.3. The van der Waals surface area contributed by atoms with Gasteiger partial charge < -0.3 is 0 Å². The maximum Gasteiger partial charge on any atom is 0.0787 e. The summed E-state index contributed by atoms with van der Waals surface area (Å²) < 4.78 is 0. The third kappa shape index (κ3) is 3.37. The quantitative estimate of drug-likeness (QED) is 0.289. The minimum Gasteiger partial charge on any atom is -0.252 e. The second kappa shape index (κ2) is 8.48. The summed E-state index contributed by atoms with van der Waals surface area (Å²) in [6.45, 7) is 4.58. The first-order valence-electron chi connectivity index (χ1n) is 13.3. The van der Waals surface area contributed by atoms with Crippen LogP contribution in [0.4, 0.5) is 11.4 Å². The number of pyridine rings is 1. The molecule has 180 valence electrons. The van der Waals surface area contributed by atoms with Crippen molar-refractivity contribution in [2.45, 2.75) is 44.4 Å². The van der Waals surface area contributed by atoms with Crippen molar-refractivity contribution in [3.63, 3.8) is 0 Å². The number of rotatable bonds is 3. The van der Waals surface area contributed by atoms with Gasteiger partial charge in [0.2, 0.25) is 0 Å². The van der Waals surface area contributed by atoms with E-state index in [9.17, 15) is 0 Å². The van der Waals surface area contributed by atoms with Crippen molar-refractivity contribution < 1.29 is 0 Å². The monoisotopic (exact) mass is 479 g/mol. The van der Waals surface area contributed by atoms with Crippen LogP contribution < -0.4 is 0 Å². The van der Waals surface area contributed by atoms with Crippen molar-refractivity contribution >= 4 is 33.7 Å². The van der Waals surface area contributed by atoms with E-state index in [-0.39, 0.29) is 11.3 Å². The van der Waals surface area contributed by atoms with Gasteiger partial charge in [-0.25, -0.2) is 4.98 Å². The number of para-hydroxylation sites is 2. The van der Waals surface area contributed by atoms with Gasteiger partial charge in [0.15, 0.2) is 0 Å². The van der Waals surface area contributed by atoms with E-state index in [2.05, 4.69) is 111 Å². The van der Waals surface area contributed by atoms with Crippen LogP contribution in [-0.4, -0.2) is 16.4 Å². The van der Waals surface area contributed by atoms with Gasteiger partial charge in [0.05, 0.1) is 28.3 Å². The minimum atomic E-state index is -0.110. The van der Waals surface area contributed by atoms with Crippen LogP contribution in [-0.2, 0) is 5.41 Å². The van der Waals surface area contributed by atoms with Gasteiger partial charge in [-0.2, -0.15) is 0 Å². The van der Waals surface area contributed by atoms with E-state index < -0.39 is 0 Å². The van der Waals surface area contributed by atoms with E-state index in [0.717, 1.165) is 64.2 Å². The van der Waals surface area contributed by atoms with Gasteiger partial charge in [-0.05, 0) is 61.6 Å². The zero-order valence-corrected chi connectivity index (χ0v) is 21.3. The van der Waals surface area contributed by atoms with Crippen molar-refractivity contribution in [2.24, 2.45) is 9.98 Å². The summed E-state index contributed by atoms with van der Waals surface area (Å²) in [4.78, 5) is 15.6. The van der Waals surface area contributed by atoms with Crippen LogP contribution in [0, 0.1) is 0 Å². The molecule has 0 bridgehead atoms. The Morgan fingerprint density at radius 2 is 1.73 bits per heavy atom. The number of benzene rings is 3. The lowest BCUT2D eigenvalue weighted by atomic mass is 9.75. The highest BCUT2D eigenvalue weighted by molar-refractivity contribution is 6.14. The molecule has 1 unspecified atom stereocenters. The Bertz CT molecular complexity index is 1690. The third-order valence-electron chi connectivity index (χ3n) is 8.35. The Hall–Kier alpha value is -4.11. The molecule has 7 rings (SSSR count). The molecule has 2 aliphatic heterocycles. The van der Waals surface area contributed by atoms with Gasteiger partial charge in [0, 0.05) is 33.6 Å². The molecule has 0 spiro atoms. The number of allylic oxidation sites excluding steroid dienone is 4. The molecule has 0 N–H and O–H groups in total. The molecule has 4 aromatic rings. The van der Waals surface area contributed by atoms with Gasteiger partial charge in [-0.15, -0.1) is 0 Å². The molecule has 3 heterocycles. The molecule has 3 aromatic carbocycles. The Balaban J connectivity index is 1.41. The molecule has 2 atom stereocenters. The van der Waals surface area contributed by atoms with Crippen LogP contribution >= 0.6 is 0 Å². The van der Waals surface area contributed by atoms with Crippen molar-refractivity contribution in [3.8, 4) is 11.3 Å². The molecule has 0 saturated heterocycles. The van der Waals surface area contributed by atoms with Crippen molar-refractivity contribution in [2.75, 3.05) is 0 Å². The average Bonchev–Trinajstić information content (AvgIpc) is 3.43. The summed E-state index contributed by atoms with van der Waals surface area (Å²) >= 11 is 0. The first-order valence-corrected chi connectivity index (χ1v) is 13.3. The van der Waals surface area contributed by atoms with Crippen molar-refractivity contribution in [3.05, 3.63) is 114 Å². The summed E-state index contributed by atoms with van der Waals surface area (Å²) in [5.41, 5.74) is 11.3. The second-order valence-corrected chi connectivity index (χ2v) is 10.4. The number of hydrogen-bond acceptors (Lipinski definition) is 3. The maximum atomic E-state index is 5.27. The molecule has 3 heteroatoms. The van der Waals surface area contributed by atoms with Gasteiger partial charge in [0.25, 0.3) is 0 Å². The fourth-order valence-electron chi connectivity index (χ4n) is 6.24. The van der Waals surface area contributed by atoms with Gasteiger partial charge >= 0.3 is 0 Å². The highest BCUT2D eigenvalue weighted by atomic mass is 14.9. The number of hydrogen-bond donors (Lipinski definition) is 0. The third-order valence-corrected chi connectivity index (χ3v) is 8.35. The van der Waals surface area contributed by atoms with E-state index in [1.54, 1.807) is 0 Å². The number of aromatic nitrogens is 1. The molecule has 0 saturated carbocycles. The predicted octanol–water partition coefficient (Wildman–Crippen LogP) is 8.78. The highest BCUT2D eigenvalue weighted by Gasteiger charge is 2.38. The number of fused-ring (bicyclic) bond motifs is 6. The van der Waals surface area contributed by atoms with E-state index in [1.807, 2.05) is 0 Å². The van der Waals surface area contributed by atoms with Crippen LogP contribution in [0.2, 0.25) is 0 Å². The smallest absolute Gasteiger partial charge is 0.0787 e. The SMILES string of the molecule is CC[C@]1(C)C(c2cccc(-c3nc4ccccc4c4c3C3CC/C=C\C=C/C3=N4)c2)=Nc2ccccc21. The highest BCUT2D eigenvalue weighted by Crippen LogP contribution is 2.48. The van der Waals surface area contributed by atoms with Crippen LogP contribution in [0.3, 0.4) is 0 Å². The Kier molecular flexibility index (Phi) is 5.07. The molecular formula is C34H29N3. The molecule has 3 aliphatic rings. The molecule has 1 aliphatic carbocycles. The van der Waals surface area contributed by atoms with Crippen molar-refractivity contribution in [1.82, 2.24) is 4.98 Å². The molecule has 37 heavy (non-hydrogen) atoms. The summed E-state index contributed by atoms with van der Waals surface area (Å²) in [6, 6.07) is 25.8. The molecule has 0 fully saturated rings. The Labute approximate surface area is 218 Å². The van der Waals surface area contributed by atoms with Gasteiger partial charge in [0.1, 0.15) is 0 Å². The molecular weight excluding hydrogens is 450 g/mol. The summed E-state index contributed by atoms with van der Waals surface area (Å²) in [7, 11) is 0. The van der Waals surface area contributed by atoms with Crippen LogP contribution in [0.25, 0.3) is 22.2 Å². The van der Waals surface area contributed by atoms with E-state index in [1.165, 1.54) is 16.7 Å². The minimum absolute atomic E-state index is 0.110. The number of aliphatic imine (C=N–C) groups is 2. The lowest BCUT2D eigenvalue weighted by Crippen LogP contribution is -2.29. The first kappa shape index (κ1) is 22.1. The molecule has 0 radical (unpaired) electrons. The Morgan fingerprint density at radius 3 is 2.65 bits per heavy atom. The Morgan fingerprint density at radius 1 is 0.892 bits per heavy atom. The zero-order chi connectivity index (χ0) is 25.0. The molecule has 3 nitrogen and oxygen atoms in total. The standard InChI is InChI=1S/C34H29N3/c1-3-34(2)26-17-9-11-20-29(26)37-33(34)23-14-12-13-22(21-23)31-30-24-15-6-4-5-7-18-27(24)36-32(30)25-16-8-10-19-28(25)35-31/h4-5,7-14,16-21,24H,3,6,15H2,1-2H3/b5-4-,18-7-/t24?,34-/m0/s1. The lowest BCUT2D eigenvalue weighted by molar-refractivity contribution is 0.627. The van der Waals surface area contributed by atoms with Crippen LogP contribution in [0.5, 0.6) is 0 Å². The molecule has 0 amide bonds. The fourth-order valence-corrected chi connectivity index (χ4v) is 6.24. The van der Waals surface area contributed by atoms with Gasteiger partial charge in [-0.1, -0.05) is 79.7 Å². The van der Waals surface area contributed by atoms with Gasteiger partial charge in [-0.3, -0.25) is 9.98 Å². The molecule has 1 aromatic heterocycles. The summed E-state index contributed by atoms with van der Waals surface area (Å²) in [5, 5.41) is 1.13. The number of nitrogens with zero attached hydrogens (tertiary/aromatic N) is 3. The van der Waals surface area contributed by atoms with Crippen LogP contribution in [0.1, 0.15) is 55.7 Å². The first-order chi connectivity index (χ1) is 18.2. The fraction of sp³-hybridized carbons (Fsp3) is 0.206. The average molecular weight is 480 g/mol.